The molecule has 2 radical (unpaired) electrons. The van der Waals surface area contributed by atoms with Gasteiger partial charge < -0.3 is 0 Å². The molecule has 18 heavy (non-hydrogen) atoms. The first-order valence-electron chi connectivity index (χ1n) is 6.17. The first-order valence-corrected chi connectivity index (χ1v) is 7.28. The summed E-state index contributed by atoms with van der Waals surface area (Å²) in [6.07, 6.45) is 1.69. The van der Waals surface area contributed by atoms with E-state index in [9.17, 15) is 4.21 Å². The lowest BCUT2D eigenvalue weighted by Gasteiger charge is -2.32. The Morgan fingerprint density at radius 2 is 2.11 bits per heavy atom. The Morgan fingerprint density at radius 3 is 2.56 bits per heavy atom. The maximum absolute atomic E-state index is 12.5. The zero-order chi connectivity index (χ0) is 13.9. The molecule has 1 aromatic rings. The van der Waals surface area contributed by atoms with Gasteiger partial charge in [-0.2, -0.15) is 0 Å². The van der Waals surface area contributed by atoms with Crippen molar-refractivity contribution in [1.29, 1.82) is 0 Å². The van der Waals surface area contributed by atoms with Crippen LogP contribution in [0.4, 0.5) is 0 Å². The molecule has 1 rings (SSSR count). The molecule has 5 heteroatoms. The second-order valence-corrected chi connectivity index (χ2v) is 7.48. The summed E-state index contributed by atoms with van der Waals surface area (Å²) in [4.78, 5) is 4.32. The normalized spacial score (nSPS) is 15.7. The van der Waals surface area contributed by atoms with E-state index in [1.807, 2.05) is 45.0 Å². The fraction of sp³-hybridized carbons (Fsp3) is 0.615. The van der Waals surface area contributed by atoms with Crippen LogP contribution in [0.1, 0.15) is 46.4 Å². The molecule has 0 saturated heterocycles. The topological polar surface area (TPSA) is 33.2 Å². The highest BCUT2D eigenvalue weighted by atomic mass is 32.2. The second kappa shape index (κ2) is 5.98. The van der Waals surface area contributed by atoms with Gasteiger partial charge in [0.2, 0.25) is 0 Å². The van der Waals surface area contributed by atoms with E-state index in [1.165, 1.54) is 0 Å². The quantitative estimate of drug-likeness (QED) is 0.776. The van der Waals surface area contributed by atoms with E-state index < -0.39 is 11.0 Å². The first-order chi connectivity index (χ1) is 8.27. The predicted molar refractivity (Wildman–Crippen MR) is 78.3 cm³/mol. The van der Waals surface area contributed by atoms with Gasteiger partial charge in [0.05, 0.1) is 16.5 Å². The molecule has 1 unspecified atom stereocenters. The lowest BCUT2D eigenvalue weighted by atomic mass is 9.96. The lowest BCUT2D eigenvalue weighted by Crippen LogP contribution is -2.39. The summed E-state index contributed by atoms with van der Waals surface area (Å²) in [5, 5.41) is 0. The van der Waals surface area contributed by atoms with Crippen LogP contribution in [0, 0.1) is 0 Å². The summed E-state index contributed by atoms with van der Waals surface area (Å²) in [6, 6.07) is 3.58. The Labute approximate surface area is 114 Å². The van der Waals surface area contributed by atoms with Gasteiger partial charge in [-0.15, -0.1) is 0 Å². The number of hydrogen-bond donors (Lipinski definition) is 0. The minimum absolute atomic E-state index is 0.0152. The summed E-state index contributed by atoms with van der Waals surface area (Å²) < 4.78 is 14.1. The highest BCUT2D eigenvalue weighted by Gasteiger charge is 2.29. The van der Waals surface area contributed by atoms with Crippen LogP contribution in [0.2, 0.25) is 0 Å². The molecular weight excluding hydrogens is 243 g/mol. The molecular formula is C13H21BN2OS. The van der Waals surface area contributed by atoms with Crippen LogP contribution in [0.3, 0.4) is 0 Å². The SMILES string of the molecule is [B]c1ccnc([C@@H](C)N(CC)S(=O)C(C)(C)C)c1. The van der Waals surface area contributed by atoms with Gasteiger partial charge in [-0.25, -0.2) is 8.51 Å². The van der Waals surface area contributed by atoms with Gasteiger partial charge in [-0.05, 0) is 33.8 Å². The Hall–Kier alpha value is -0.675. The smallest absolute Gasteiger partial charge is 0.113 e. The molecule has 0 aliphatic carbocycles. The number of nitrogens with zero attached hydrogens (tertiary/aromatic N) is 2. The first kappa shape index (κ1) is 15.4. The van der Waals surface area contributed by atoms with E-state index in [4.69, 9.17) is 7.85 Å². The summed E-state index contributed by atoms with van der Waals surface area (Å²) in [5.41, 5.74) is 1.54. The summed E-state index contributed by atoms with van der Waals surface area (Å²) in [6.45, 7) is 10.7. The molecule has 0 aliphatic rings. The zero-order valence-electron chi connectivity index (χ0n) is 11.8. The second-order valence-electron chi connectivity index (χ2n) is 5.28. The van der Waals surface area contributed by atoms with Crippen LogP contribution >= 0.6 is 0 Å². The van der Waals surface area contributed by atoms with Crippen molar-refractivity contribution >= 4 is 24.3 Å². The van der Waals surface area contributed by atoms with Crippen LogP contribution in [0.15, 0.2) is 18.3 Å². The third kappa shape index (κ3) is 3.66. The van der Waals surface area contributed by atoms with Gasteiger partial charge >= 0.3 is 0 Å². The molecule has 1 heterocycles. The zero-order valence-corrected chi connectivity index (χ0v) is 12.6. The standard InChI is InChI=1S/C13H21BN2OS/c1-6-16(18(17)13(3,4)5)10(2)12-9-11(14)7-8-15-12/h7-10H,6H2,1-5H3/t10-,18?/m1/s1. The molecule has 0 spiro atoms. The average Bonchev–Trinajstić information content (AvgIpc) is 2.28. The fourth-order valence-electron chi connectivity index (χ4n) is 1.73. The summed E-state index contributed by atoms with van der Waals surface area (Å²) >= 11 is 0. The molecule has 0 N–H and O–H groups in total. The maximum atomic E-state index is 12.5. The van der Waals surface area contributed by atoms with Crippen LogP contribution in [-0.4, -0.2) is 32.6 Å². The highest BCUT2D eigenvalue weighted by Crippen LogP contribution is 2.24. The molecule has 0 saturated carbocycles. The predicted octanol–water partition coefficient (Wildman–Crippen LogP) is 1.72. The van der Waals surface area contributed by atoms with Crippen LogP contribution < -0.4 is 5.46 Å². The van der Waals surface area contributed by atoms with Crippen molar-refractivity contribution in [3.8, 4) is 0 Å². The maximum Gasteiger partial charge on any atom is 0.113 e. The Balaban J connectivity index is 2.99. The van der Waals surface area contributed by atoms with E-state index in [0.717, 1.165) is 5.69 Å². The van der Waals surface area contributed by atoms with Crippen LogP contribution in [0.5, 0.6) is 0 Å². The Kier molecular flexibility index (Phi) is 5.11. The average molecular weight is 264 g/mol. The molecule has 0 bridgehead atoms. The number of rotatable bonds is 4. The lowest BCUT2D eigenvalue weighted by molar-refractivity contribution is 0.366. The van der Waals surface area contributed by atoms with Crippen molar-refractivity contribution in [2.24, 2.45) is 0 Å². The van der Waals surface area contributed by atoms with Gasteiger partial charge in [-0.3, -0.25) is 4.98 Å². The third-order valence-corrected chi connectivity index (χ3v) is 4.76. The van der Waals surface area contributed by atoms with Crippen molar-refractivity contribution in [2.75, 3.05) is 6.54 Å². The van der Waals surface area contributed by atoms with Crippen molar-refractivity contribution in [1.82, 2.24) is 9.29 Å². The summed E-state index contributed by atoms with van der Waals surface area (Å²) in [5.74, 6) is 0. The van der Waals surface area contributed by atoms with Crippen molar-refractivity contribution in [3.05, 3.63) is 24.0 Å². The molecule has 0 amide bonds. The Bertz CT molecular complexity index is 431. The minimum atomic E-state index is -1.06. The van der Waals surface area contributed by atoms with E-state index in [1.54, 1.807) is 12.3 Å². The molecule has 1 aromatic heterocycles. The molecule has 2 atom stereocenters. The van der Waals surface area contributed by atoms with Gasteiger partial charge in [0, 0.05) is 12.7 Å². The van der Waals surface area contributed by atoms with E-state index in [-0.39, 0.29) is 10.8 Å². The van der Waals surface area contributed by atoms with Gasteiger partial charge in [0.25, 0.3) is 0 Å². The summed E-state index contributed by atoms with van der Waals surface area (Å²) in [7, 11) is 4.71. The monoisotopic (exact) mass is 264 g/mol. The van der Waals surface area contributed by atoms with Gasteiger partial charge in [0.15, 0.2) is 0 Å². The van der Waals surface area contributed by atoms with Crippen molar-refractivity contribution in [2.45, 2.75) is 45.4 Å². The third-order valence-electron chi connectivity index (χ3n) is 2.71. The van der Waals surface area contributed by atoms with Crippen LogP contribution in [-0.2, 0) is 11.0 Å². The highest BCUT2D eigenvalue weighted by molar-refractivity contribution is 7.84. The number of aromatic nitrogens is 1. The van der Waals surface area contributed by atoms with Crippen LogP contribution in [0.25, 0.3) is 0 Å². The van der Waals surface area contributed by atoms with E-state index in [2.05, 4.69) is 4.98 Å². The number of pyridine rings is 1. The van der Waals surface area contributed by atoms with E-state index >= 15 is 0 Å². The Morgan fingerprint density at radius 1 is 1.50 bits per heavy atom. The number of hydrogen-bond acceptors (Lipinski definition) is 2. The fourth-order valence-corrected chi connectivity index (χ4v) is 3.06. The molecule has 0 aromatic carbocycles. The largest absolute Gasteiger partial charge is 0.260 e. The van der Waals surface area contributed by atoms with Crippen molar-refractivity contribution < 1.29 is 4.21 Å². The van der Waals surface area contributed by atoms with Gasteiger partial charge in [-0.1, -0.05) is 18.5 Å². The van der Waals surface area contributed by atoms with Gasteiger partial charge in [0.1, 0.15) is 18.8 Å². The molecule has 3 nitrogen and oxygen atoms in total. The molecule has 0 fully saturated rings. The van der Waals surface area contributed by atoms with Crippen molar-refractivity contribution in [3.63, 3.8) is 0 Å². The molecule has 0 aliphatic heterocycles. The molecule has 98 valence electrons. The minimum Gasteiger partial charge on any atom is -0.260 e. The van der Waals surface area contributed by atoms with E-state index in [0.29, 0.717) is 12.0 Å².